The van der Waals surface area contributed by atoms with Crippen LogP contribution in [-0.2, 0) is 6.42 Å². The summed E-state index contributed by atoms with van der Waals surface area (Å²) >= 11 is 0. The molecule has 3 rings (SSSR count). The Morgan fingerprint density at radius 3 is 2.82 bits per heavy atom. The molecule has 1 atom stereocenters. The highest BCUT2D eigenvalue weighted by molar-refractivity contribution is 5.48. The topological polar surface area (TPSA) is 29.3 Å². The highest BCUT2D eigenvalue weighted by Gasteiger charge is 2.25. The molecule has 1 unspecified atom stereocenters. The summed E-state index contributed by atoms with van der Waals surface area (Å²) in [5.74, 6) is 0.728. The number of hydrogen-bond donors (Lipinski definition) is 1. The van der Waals surface area contributed by atoms with E-state index in [4.69, 9.17) is 5.73 Å². The van der Waals surface area contributed by atoms with Crippen molar-refractivity contribution in [2.75, 3.05) is 25.4 Å². The fraction of sp³-hybridized carbons (Fsp3) is 0.600. The smallest absolute Gasteiger partial charge is 0.0317 e. The SMILES string of the molecule is Nc1ccc2c(c1)C(CN1CCCCC1)CC2. The Balaban J connectivity index is 1.72. The number of piperidine rings is 1. The van der Waals surface area contributed by atoms with Gasteiger partial charge in [-0.2, -0.15) is 0 Å². The van der Waals surface area contributed by atoms with E-state index < -0.39 is 0 Å². The molecule has 17 heavy (non-hydrogen) atoms. The molecule has 1 fully saturated rings. The van der Waals surface area contributed by atoms with Crippen LogP contribution in [0, 0.1) is 0 Å². The Bertz CT molecular complexity index is 394. The van der Waals surface area contributed by atoms with Crippen LogP contribution in [0.15, 0.2) is 18.2 Å². The van der Waals surface area contributed by atoms with Crippen molar-refractivity contribution in [2.24, 2.45) is 0 Å². The van der Waals surface area contributed by atoms with Crippen LogP contribution >= 0.6 is 0 Å². The number of fused-ring (bicyclic) bond motifs is 1. The number of nitrogen functional groups attached to an aromatic ring is 1. The summed E-state index contributed by atoms with van der Waals surface area (Å²) < 4.78 is 0. The summed E-state index contributed by atoms with van der Waals surface area (Å²) in [5, 5.41) is 0. The van der Waals surface area contributed by atoms with Gasteiger partial charge in [0, 0.05) is 12.2 Å². The lowest BCUT2D eigenvalue weighted by Crippen LogP contribution is -2.33. The molecule has 2 nitrogen and oxygen atoms in total. The molecule has 0 spiro atoms. The average Bonchev–Trinajstić information content (AvgIpc) is 2.73. The van der Waals surface area contributed by atoms with Gasteiger partial charge in [0.2, 0.25) is 0 Å². The van der Waals surface area contributed by atoms with Crippen molar-refractivity contribution in [1.29, 1.82) is 0 Å². The maximum atomic E-state index is 5.91. The van der Waals surface area contributed by atoms with Gasteiger partial charge in [-0.15, -0.1) is 0 Å². The van der Waals surface area contributed by atoms with Crippen molar-refractivity contribution in [2.45, 2.75) is 38.0 Å². The van der Waals surface area contributed by atoms with Crippen molar-refractivity contribution in [3.63, 3.8) is 0 Å². The van der Waals surface area contributed by atoms with Crippen LogP contribution in [0.25, 0.3) is 0 Å². The Kier molecular flexibility index (Phi) is 3.06. The van der Waals surface area contributed by atoms with Gasteiger partial charge in [0.15, 0.2) is 0 Å². The fourth-order valence-electron chi connectivity index (χ4n) is 3.35. The number of benzene rings is 1. The van der Waals surface area contributed by atoms with E-state index in [0.29, 0.717) is 0 Å². The number of nitrogens with two attached hydrogens (primary N) is 1. The van der Waals surface area contributed by atoms with Crippen LogP contribution in [0.5, 0.6) is 0 Å². The first kappa shape index (κ1) is 11.1. The summed E-state index contributed by atoms with van der Waals surface area (Å²) in [6.45, 7) is 3.85. The molecule has 0 bridgehead atoms. The predicted molar refractivity (Wildman–Crippen MR) is 72.2 cm³/mol. The Hall–Kier alpha value is -1.02. The summed E-state index contributed by atoms with van der Waals surface area (Å²) in [7, 11) is 0. The zero-order chi connectivity index (χ0) is 11.7. The van der Waals surface area contributed by atoms with Crippen molar-refractivity contribution >= 4 is 5.69 Å². The fourth-order valence-corrected chi connectivity index (χ4v) is 3.35. The molecule has 92 valence electrons. The third-order valence-electron chi connectivity index (χ3n) is 4.30. The lowest BCUT2D eigenvalue weighted by Gasteiger charge is -2.29. The lowest BCUT2D eigenvalue weighted by atomic mass is 9.99. The van der Waals surface area contributed by atoms with Crippen LogP contribution in [0.2, 0.25) is 0 Å². The van der Waals surface area contributed by atoms with Crippen LogP contribution in [0.4, 0.5) is 5.69 Å². The minimum Gasteiger partial charge on any atom is -0.399 e. The maximum absolute atomic E-state index is 5.91. The first-order valence-electron chi connectivity index (χ1n) is 6.93. The first-order chi connectivity index (χ1) is 8.33. The second kappa shape index (κ2) is 4.69. The molecule has 1 heterocycles. The molecule has 1 aliphatic carbocycles. The molecule has 1 saturated heterocycles. The molecule has 1 aromatic carbocycles. The van der Waals surface area contributed by atoms with Crippen molar-refractivity contribution in [3.8, 4) is 0 Å². The lowest BCUT2D eigenvalue weighted by molar-refractivity contribution is 0.215. The van der Waals surface area contributed by atoms with Crippen LogP contribution in [0.1, 0.15) is 42.7 Å². The van der Waals surface area contributed by atoms with E-state index in [0.717, 1.165) is 11.6 Å². The maximum Gasteiger partial charge on any atom is 0.0317 e. The normalized spacial score (nSPS) is 24.8. The summed E-state index contributed by atoms with van der Waals surface area (Å²) in [6, 6.07) is 6.47. The molecular formula is C15H22N2. The highest BCUT2D eigenvalue weighted by atomic mass is 15.1. The number of rotatable bonds is 2. The van der Waals surface area contributed by atoms with Crippen molar-refractivity contribution < 1.29 is 0 Å². The highest BCUT2D eigenvalue weighted by Crippen LogP contribution is 2.35. The minimum atomic E-state index is 0.728. The zero-order valence-electron chi connectivity index (χ0n) is 10.5. The first-order valence-corrected chi connectivity index (χ1v) is 6.93. The molecule has 0 radical (unpaired) electrons. The van der Waals surface area contributed by atoms with E-state index in [1.54, 1.807) is 0 Å². The molecule has 0 saturated carbocycles. The monoisotopic (exact) mass is 230 g/mol. The van der Waals surface area contributed by atoms with E-state index >= 15 is 0 Å². The van der Waals surface area contributed by atoms with Gasteiger partial charge in [-0.1, -0.05) is 12.5 Å². The Morgan fingerprint density at radius 2 is 2.00 bits per heavy atom. The van der Waals surface area contributed by atoms with E-state index in [-0.39, 0.29) is 0 Å². The molecule has 0 aromatic heterocycles. The standard InChI is InChI=1S/C15H22N2/c16-14-7-6-12-4-5-13(15(12)10-14)11-17-8-2-1-3-9-17/h6-7,10,13H,1-5,8-9,11,16H2. The van der Waals surface area contributed by atoms with Crippen LogP contribution in [0.3, 0.4) is 0 Å². The third kappa shape index (κ3) is 2.32. The molecule has 0 amide bonds. The second-order valence-electron chi connectivity index (χ2n) is 5.56. The van der Waals surface area contributed by atoms with E-state index in [1.165, 1.54) is 62.9 Å². The molecular weight excluding hydrogens is 208 g/mol. The third-order valence-corrected chi connectivity index (χ3v) is 4.30. The summed E-state index contributed by atoms with van der Waals surface area (Å²) in [5.41, 5.74) is 9.89. The van der Waals surface area contributed by atoms with Gasteiger partial charge in [0.1, 0.15) is 0 Å². The van der Waals surface area contributed by atoms with Crippen LogP contribution in [-0.4, -0.2) is 24.5 Å². The number of likely N-dealkylation sites (tertiary alicyclic amines) is 1. The van der Waals surface area contributed by atoms with Crippen molar-refractivity contribution in [3.05, 3.63) is 29.3 Å². The summed E-state index contributed by atoms with van der Waals surface area (Å²) in [6.07, 6.45) is 6.75. The largest absolute Gasteiger partial charge is 0.399 e. The van der Waals surface area contributed by atoms with Crippen LogP contribution < -0.4 is 5.73 Å². The summed E-state index contributed by atoms with van der Waals surface area (Å²) in [4.78, 5) is 2.65. The Labute approximate surface area is 104 Å². The quantitative estimate of drug-likeness (QED) is 0.792. The number of aryl methyl sites for hydroxylation is 1. The van der Waals surface area contributed by atoms with Gasteiger partial charge in [-0.3, -0.25) is 0 Å². The second-order valence-corrected chi connectivity index (χ2v) is 5.56. The van der Waals surface area contributed by atoms with Gasteiger partial charge < -0.3 is 10.6 Å². The molecule has 2 N–H and O–H groups in total. The van der Waals surface area contributed by atoms with Gasteiger partial charge in [0.25, 0.3) is 0 Å². The molecule has 2 heteroatoms. The van der Waals surface area contributed by atoms with E-state index in [2.05, 4.69) is 17.0 Å². The van der Waals surface area contributed by atoms with Crippen molar-refractivity contribution in [1.82, 2.24) is 4.90 Å². The number of nitrogens with zero attached hydrogens (tertiary/aromatic N) is 1. The number of anilines is 1. The molecule has 1 aliphatic heterocycles. The average molecular weight is 230 g/mol. The van der Waals surface area contributed by atoms with Gasteiger partial charge in [-0.25, -0.2) is 0 Å². The van der Waals surface area contributed by atoms with E-state index in [1.807, 2.05) is 6.07 Å². The minimum absolute atomic E-state index is 0.728. The van der Waals surface area contributed by atoms with Gasteiger partial charge in [-0.05, 0) is 68.0 Å². The van der Waals surface area contributed by atoms with Gasteiger partial charge >= 0.3 is 0 Å². The molecule has 1 aromatic rings. The van der Waals surface area contributed by atoms with Gasteiger partial charge in [0.05, 0.1) is 0 Å². The zero-order valence-corrected chi connectivity index (χ0v) is 10.5. The predicted octanol–water partition coefficient (Wildman–Crippen LogP) is 2.78. The number of hydrogen-bond acceptors (Lipinski definition) is 2. The van der Waals surface area contributed by atoms with E-state index in [9.17, 15) is 0 Å². The Morgan fingerprint density at radius 1 is 1.18 bits per heavy atom. The molecule has 2 aliphatic rings.